The Bertz CT molecular complexity index is 521. The van der Waals surface area contributed by atoms with Crippen molar-refractivity contribution in [3.63, 3.8) is 0 Å². The lowest BCUT2D eigenvalue weighted by Gasteiger charge is -2.19. The van der Waals surface area contributed by atoms with Crippen LogP contribution in [-0.4, -0.2) is 26.2 Å². The molecule has 0 aromatic heterocycles. The van der Waals surface area contributed by atoms with Gasteiger partial charge in [0, 0.05) is 6.26 Å². The van der Waals surface area contributed by atoms with Crippen molar-refractivity contribution in [2.24, 2.45) is 0 Å². The molecule has 1 aromatic carbocycles. The number of benzene rings is 1. The van der Waals surface area contributed by atoms with E-state index in [2.05, 4.69) is 0 Å². The summed E-state index contributed by atoms with van der Waals surface area (Å²) >= 11 is 0. The van der Waals surface area contributed by atoms with Crippen LogP contribution < -0.4 is 0 Å². The summed E-state index contributed by atoms with van der Waals surface area (Å²) in [6.45, 7) is 5.38. The number of hydrogen-bond acceptors (Lipinski definition) is 4. The van der Waals surface area contributed by atoms with E-state index in [1.54, 1.807) is 45.0 Å². The zero-order chi connectivity index (χ0) is 14.0. The normalized spacial score (nSPS) is 12.2. The molecule has 0 aliphatic carbocycles. The van der Waals surface area contributed by atoms with Crippen molar-refractivity contribution < 1.29 is 17.9 Å². The van der Waals surface area contributed by atoms with Crippen molar-refractivity contribution in [2.45, 2.75) is 32.1 Å². The first-order valence-electron chi connectivity index (χ1n) is 5.57. The molecule has 0 saturated carbocycles. The van der Waals surface area contributed by atoms with Gasteiger partial charge < -0.3 is 4.74 Å². The van der Waals surface area contributed by atoms with Gasteiger partial charge in [-0.15, -0.1) is 0 Å². The van der Waals surface area contributed by atoms with E-state index in [1.807, 2.05) is 0 Å². The van der Waals surface area contributed by atoms with Gasteiger partial charge >= 0.3 is 5.97 Å². The van der Waals surface area contributed by atoms with Gasteiger partial charge in [0.05, 0.1) is 11.3 Å². The standard InChI is InChI=1S/C13H18O4S/c1-13(2,3)17-12(14)11-7-5-10(6-8-11)9-18(4,15)16/h5-8H,9H2,1-4H3. The smallest absolute Gasteiger partial charge is 0.338 e. The second kappa shape index (κ2) is 5.10. The highest BCUT2D eigenvalue weighted by atomic mass is 32.2. The van der Waals surface area contributed by atoms with Gasteiger partial charge in [0.1, 0.15) is 5.60 Å². The van der Waals surface area contributed by atoms with Crippen molar-refractivity contribution >= 4 is 15.8 Å². The van der Waals surface area contributed by atoms with Crippen molar-refractivity contribution in [1.29, 1.82) is 0 Å². The summed E-state index contributed by atoms with van der Waals surface area (Å²) in [5, 5.41) is 0. The summed E-state index contributed by atoms with van der Waals surface area (Å²) in [5.74, 6) is -0.435. The third kappa shape index (κ3) is 5.31. The molecule has 4 nitrogen and oxygen atoms in total. The molecule has 0 saturated heterocycles. The molecule has 0 aliphatic heterocycles. The van der Waals surface area contributed by atoms with Crippen LogP contribution in [0.15, 0.2) is 24.3 Å². The maximum Gasteiger partial charge on any atom is 0.338 e. The summed E-state index contributed by atoms with van der Waals surface area (Å²) in [7, 11) is -3.06. The van der Waals surface area contributed by atoms with Crippen molar-refractivity contribution in [3.8, 4) is 0 Å². The highest BCUT2D eigenvalue weighted by Crippen LogP contribution is 2.13. The quantitative estimate of drug-likeness (QED) is 0.790. The van der Waals surface area contributed by atoms with Crippen molar-refractivity contribution in [3.05, 3.63) is 35.4 Å². The van der Waals surface area contributed by atoms with E-state index < -0.39 is 21.4 Å². The Labute approximate surface area is 108 Å². The van der Waals surface area contributed by atoms with Gasteiger partial charge in [0.15, 0.2) is 9.84 Å². The molecule has 0 unspecified atom stereocenters. The number of carbonyl (C=O) groups is 1. The van der Waals surface area contributed by atoms with E-state index in [0.717, 1.165) is 0 Å². The van der Waals surface area contributed by atoms with Crippen LogP contribution in [0.2, 0.25) is 0 Å². The molecule has 0 N–H and O–H groups in total. The maximum absolute atomic E-state index is 11.7. The van der Waals surface area contributed by atoms with Crippen LogP contribution in [0.5, 0.6) is 0 Å². The van der Waals surface area contributed by atoms with E-state index in [9.17, 15) is 13.2 Å². The summed E-state index contributed by atoms with van der Waals surface area (Å²) in [6, 6.07) is 6.41. The van der Waals surface area contributed by atoms with Crippen LogP contribution in [-0.2, 0) is 20.3 Å². The molecule has 0 fully saturated rings. The minimum Gasteiger partial charge on any atom is -0.456 e. The Hall–Kier alpha value is -1.36. The average molecular weight is 270 g/mol. The van der Waals surface area contributed by atoms with Gasteiger partial charge in [-0.3, -0.25) is 0 Å². The second-order valence-corrected chi connectivity index (χ2v) is 7.41. The van der Waals surface area contributed by atoms with E-state index >= 15 is 0 Å². The third-order valence-electron chi connectivity index (χ3n) is 2.02. The lowest BCUT2D eigenvalue weighted by molar-refractivity contribution is 0.00695. The van der Waals surface area contributed by atoms with Crippen LogP contribution >= 0.6 is 0 Å². The van der Waals surface area contributed by atoms with Crippen LogP contribution in [0, 0.1) is 0 Å². The predicted molar refractivity (Wildman–Crippen MR) is 70.2 cm³/mol. The minimum absolute atomic E-state index is 0.0262. The molecule has 5 heteroatoms. The fraction of sp³-hybridized carbons (Fsp3) is 0.462. The van der Waals surface area contributed by atoms with Crippen molar-refractivity contribution in [1.82, 2.24) is 0 Å². The molecular weight excluding hydrogens is 252 g/mol. The molecule has 1 rings (SSSR count). The molecule has 0 radical (unpaired) electrons. The van der Waals surface area contributed by atoms with Crippen LogP contribution in [0.3, 0.4) is 0 Å². The largest absolute Gasteiger partial charge is 0.456 e. The highest BCUT2D eigenvalue weighted by molar-refractivity contribution is 7.89. The molecule has 0 amide bonds. The van der Waals surface area contributed by atoms with E-state index in [0.29, 0.717) is 11.1 Å². The Morgan fingerprint density at radius 2 is 1.67 bits per heavy atom. The number of rotatable bonds is 3. The van der Waals surface area contributed by atoms with Gasteiger partial charge in [-0.05, 0) is 38.5 Å². The maximum atomic E-state index is 11.7. The van der Waals surface area contributed by atoms with Gasteiger partial charge in [-0.25, -0.2) is 13.2 Å². The molecule has 0 bridgehead atoms. The Morgan fingerprint density at radius 3 is 2.06 bits per heavy atom. The SMILES string of the molecule is CC(C)(C)OC(=O)c1ccc(CS(C)(=O)=O)cc1. The molecule has 0 heterocycles. The Morgan fingerprint density at radius 1 is 1.17 bits per heavy atom. The molecule has 0 atom stereocenters. The lowest BCUT2D eigenvalue weighted by atomic mass is 10.1. The zero-order valence-electron chi connectivity index (χ0n) is 11.1. The number of ether oxygens (including phenoxy) is 1. The third-order valence-corrected chi connectivity index (χ3v) is 2.88. The van der Waals surface area contributed by atoms with Gasteiger partial charge in [-0.2, -0.15) is 0 Å². The fourth-order valence-corrected chi connectivity index (χ4v) is 2.17. The first-order chi connectivity index (χ1) is 8.07. The van der Waals surface area contributed by atoms with Crippen LogP contribution in [0.25, 0.3) is 0 Å². The summed E-state index contributed by atoms with van der Waals surface area (Å²) < 4.78 is 27.4. The van der Waals surface area contributed by atoms with Gasteiger partial charge in [0.25, 0.3) is 0 Å². The summed E-state index contributed by atoms with van der Waals surface area (Å²) in [4.78, 5) is 11.7. The second-order valence-electron chi connectivity index (χ2n) is 5.27. The Kier molecular flexibility index (Phi) is 4.16. The van der Waals surface area contributed by atoms with Crippen molar-refractivity contribution in [2.75, 3.05) is 6.26 Å². The van der Waals surface area contributed by atoms with E-state index in [1.165, 1.54) is 6.26 Å². The molecule has 100 valence electrons. The lowest BCUT2D eigenvalue weighted by Crippen LogP contribution is -2.23. The fourth-order valence-electron chi connectivity index (χ4n) is 1.38. The number of hydrogen-bond donors (Lipinski definition) is 0. The zero-order valence-corrected chi connectivity index (χ0v) is 11.9. The summed E-state index contributed by atoms with van der Waals surface area (Å²) in [5.41, 5.74) is 0.537. The first-order valence-corrected chi connectivity index (χ1v) is 7.63. The molecule has 18 heavy (non-hydrogen) atoms. The van der Waals surface area contributed by atoms with Gasteiger partial charge in [0.2, 0.25) is 0 Å². The number of sulfone groups is 1. The monoisotopic (exact) mass is 270 g/mol. The Balaban J connectivity index is 2.80. The van der Waals surface area contributed by atoms with Crippen LogP contribution in [0.1, 0.15) is 36.7 Å². The van der Waals surface area contributed by atoms with E-state index in [-0.39, 0.29) is 5.75 Å². The first kappa shape index (κ1) is 14.7. The minimum atomic E-state index is -3.06. The highest BCUT2D eigenvalue weighted by Gasteiger charge is 2.17. The van der Waals surface area contributed by atoms with Crippen LogP contribution in [0.4, 0.5) is 0 Å². The van der Waals surface area contributed by atoms with E-state index in [4.69, 9.17) is 4.74 Å². The molecular formula is C13H18O4S. The molecule has 0 spiro atoms. The topological polar surface area (TPSA) is 60.4 Å². The molecule has 0 aliphatic rings. The predicted octanol–water partition coefficient (Wildman–Crippen LogP) is 2.19. The van der Waals surface area contributed by atoms with Gasteiger partial charge in [-0.1, -0.05) is 12.1 Å². The summed E-state index contributed by atoms with van der Waals surface area (Å²) in [6.07, 6.45) is 1.18. The molecule has 1 aromatic rings. The number of esters is 1. The number of carbonyl (C=O) groups excluding carboxylic acids is 1. The average Bonchev–Trinajstić information content (AvgIpc) is 2.13.